The molecule has 0 spiro atoms. The van der Waals surface area contributed by atoms with Crippen molar-refractivity contribution in [2.45, 2.75) is 13.0 Å². The van der Waals surface area contributed by atoms with Crippen molar-refractivity contribution in [2.75, 3.05) is 19.5 Å². The Balaban J connectivity index is 1.82. The molecule has 0 saturated heterocycles. The van der Waals surface area contributed by atoms with E-state index >= 15 is 0 Å². The molecule has 0 bridgehead atoms. The summed E-state index contributed by atoms with van der Waals surface area (Å²) in [5.74, 6) is 2.09. The third-order valence-corrected chi connectivity index (χ3v) is 3.97. The SMILES string of the molecule is COc1cc(OC)c(NC(C)c2nnc(-c3ccccc3)o2)cc1Cl. The molecule has 7 heteroatoms. The van der Waals surface area contributed by atoms with Gasteiger partial charge in [-0.25, -0.2) is 0 Å². The van der Waals surface area contributed by atoms with E-state index in [0.717, 1.165) is 5.56 Å². The predicted octanol–water partition coefficient (Wildman–Crippen LogP) is 4.58. The second-order valence-electron chi connectivity index (χ2n) is 5.36. The third kappa shape index (κ3) is 3.69. The Morgan fingerprint density at radius 1 is 1.04 bits per heavy atom. The Morgan fingerprint density at radius 2 is 1.76 bits per heavy atom. The van der Waals surface area contributed by atoms with Crippen LogP contribution in [-0.2, 0) is 0 Å². The Kier molecular flexibility index (Phi) is 5.09. The molecule has 6 nitrogen and oxygen atoms in total. The van der Waals surface area contributed by atoms with Gasteiger partial charge in [-0.05, 0) is 25.1 Å². The molecule has 3 rings (SSSR count). The molecular formula is C18H18ClN3O3. The largest absolute Gasteiger partial charge is 0.495 e. The zero-order valence-electron chi connectivity index (χ0n) is 14.1. The van der Waals surface area contributed by atoms with Gasteiger partial charge in [-0.1, -0.05) is 29.8 Å². The number of hydrogen-bond acceptors (Lipinski definition) is 6. The number of hydrogen-bond donors (Lipinski definition) is 1. The van der Waals surface area contributed by atoms with E-state index in [2.05, 4.69) is 15.5 Å². The van der Waals surface area contributed by atoms with Crippen LogP contribution in [0.3, 0.4) is 0 Å². The van der Waals surface area contributed by atoms with Gasteiger partial charge in [0, 0.05) is 11.6 Å². The Hall–Kier alpha value is -2.73. The van der Waals surface area contributed by atoms with Gasteiger partial charge in [-0.15, -0.1) is 10.2 Å². The second kappa shape index (κ2) is 7.44. The van der Waals surface area contributed by atoms with Crippen molar-refractivity contribution < 1.29 is 13.9 Å². The lowest BCUT2D eigenvalue weighted by Crippen LogP contribution is -2.08. The summed E-state index contributed by atoms with van der Waals surface area (Å²) in [5.41, 5.74) is 1.58. The van der Waals surface area contributed by atoms with Crippen molar-refractivity contribution in [3.05, 3.63) is 53.4 Å². The summed E-state index contributed by atoms with van der Waals surface area (Å²) in [5, 5.41) is 12.0. The Morgan fingerprint density at radius 3 is 2.44 bits per heavy atom. The van der Waals surface area contributed by atoms with Gasteiger partial charge in [0.25, 0.3) is 0 Å². The minimum absolute atomic E-state index is 0.233. The van der Waals surface area contributed by atoms with Crippen molar-refractivity contribution in [1.82, 2.24) is 10.2 Å². The van der Waals surface area contributed by atoms with Gasteiger partial charge in [-0.3, -0.25) is 0 Å². The number of aromatic nitrogens is 2. The third-order valence-electron chi connectivity index (χ3n) is 3.68. The summed E-state index contributed by atoms with van der Waals surface area (Å²) in [6.45, 7) is 1.92. The number of rotatable bonds is 6. The maximum Gasteiger partial charge on any atom is 0.247 e. The summed E-state index contributed by atoms with van der Waals surface area (Å²) in [6, 6.07) is 12.8. The highest BCUT2D eigenvalue weighted by Crippen LogP contribution is 2.37. The Bertz CT molecular complexity index is 852. The zero-order chi connectivity index (χ0) is 17.8. The topological polar surface area (TPSA) is 69.4 Å². The van der Waals surface area contributed by atoms with Crippen molar-refractivity contribution in [1.29, 1.82) is 0 Å². The van der Waals surface area contributed by atoms with E-state index in [1.807, 2.05) is 37.3 Å². The molecule has 3 aromatic rings. The van der Waals surface area contributed by atoms with Gasteiger partial charge in [0.2, 0.25) is 11.8 Å². The first-order valence-corrected chi connectivity index (χ1v) is 8.07. The lowest BCUT2D eigenvalue weighted by atomic mass is 10.2. The number of anilines is 1. The number of nitrogens with one attached hydrogen (secondary N) is 1. The molecule has 0 saturated carbocycles. The fourth-order valence-corrected chi connectivity index (χ4v) is 2.62. The van der Waals surface area contributed by atoms with E-state index in [1.165, 1.54) is 0 Å². The minimum Gasteiger partial charge on any atom is -0.495 e. The second-order valence-corrected chi connectivity index (χ2v) is 5.77. The van der Waals surface area contributed by atoms with Crippen LogP contribution in [-0.4, -0.2) is 24.4 Å². The normalized spacial score (nSPS) is 11.8. The first-order chi connectivity index (χ1) is 12.1. The van der Waals surface area contributed by atoms with E-state index < -0.39 is 0 Å². The fraction of sp³-hybridized carbons (Fsp3) is 0.222. The van der Waals surface area contributed by atoms with E-state index in [0.29, 0.717) is 34.0 Å². The standard InChI is InChI=1S/C18H18ClN3O3/c1-11(17-21-22-18(25-17)12-7-5-4-6-8-12)20-14-9-13(19)15(23-2)10-16(14)24-3/h4-11,20H,1-3H3. The molecule has 1 atom stereocenters. The first-order valence-electron chi connectivity index (χ1n) is 7.69. The molecule has 25 heavy (non-hydrogen) atoms. The summed E-state index contributed by atoms with van der Waals surface area (Å²) >= 11 is 6.20. The highest BCUT2D eigenvalue weighted by Gasteiger charge is 2.18. The van der Waals surface area contributed by atoms with Gasteiger partial charge in [0.15, 0.2) is 0 Å². The van der Waals surface area contributed by atoms with E-state index in [-0.39, 0.29) is 6.04 Å². The highest BCUT2D eigenvalue weighted by atomic mass is 35.5. The summed E-state index contributed by atoms with van der Waals surface area (Å²) < 4.78 is 16.4. The number of halogens is 1. The van der Waals surface area contributed by atoms with Crippen LogP contribution in [0.25, 0.3) is 11.5 Å². The molecule has 130 valence electrons. The number of benzene rings is 2. The molecule has 1 N–H and O–H groups in total. The molecular weight excluding hydrogens is 342 g/mol. The van der Waals surface area contributed by atoms with Gasteiger partial charge < -0.3 is 19.2 Å². The van der Waals surface area contributed by atoms with Gasteiger partial charge in [0.05, 0.1) is 24.9 Å². The Labute approximate surface area is 150 Å². The summed E-state index contributed by atoms with van der Waals surface area (Å²) in [6.07, 6.45) is 0. The smallest absolute Gasteiger partial charge is 0.247 e. The molecule has 1 heterocycles. The summed E-state index contributed by atoms with van der Waals surface area (Å²) in [7, 11) is 3.14. The number of nitrogens with zero attached hydrogens (tertiary/aromatic N) is 2. The number of methoxy groups -OCH3 is 2. The molecule has 1 aromatic heterocycles. The molecule has 1 unspecified atom stereocenters. The van der Waals surface area contributed by atoms with Crippen molar-refractivity contribution in [3.63, 3.8) is 0 Å². The average Bonchev–Trinajstić information content (AvgIpc) is 3.13. The van der Waals surface area contributed by atoms with Crippen LogP contribution in [0.1, 0.15) is 18.9 Å². The predicted molar refractivity (Wildman–Crippen MR) is 96.3 cm³/mol. The molecule has 0 radical (unpaired) electrons. The van der Waals surface area contributed by atoms with Crippen molar-refractivity contribution >= 4 is 17.3 Å². The molecule has 0 aliphatic rings. The van der Waals surface area contributed by atoms with Crippen LogP contribution >= 0.6 is 11.6 Å². The molecule has 0 aliphatic heterocycles. The minimum atomic E-state index is -0.233. The fourth-order valence-electron chi connectivity index (χ4n) is 2.37. The van der Waals surface area contributed by atoms with Gasteiger partial charge in [-0.2, -0.15) is 0 Å². The van der Waals surface area contributed by atoms with Gasteiger partial charge in [0.1, 0.15) is 17.5 Å². The zero-order valence-corrected chi connectivity index (χ0v) is 14.9. The number of ether oxygens (including phenoxy) is 2. The highest BCUT2D eigenvalue weighted by molar-refractivity contribution is 6.32. The molecule has 0 amide bonds. The van der Waals surface area contributed by atoms with E-state index in [9.17, 15) is 0 Å². The van der Waals surface area contributed by atoms with Crippen molar-refractivity contribution in [2.24, 2.45) is 0 Å². The van der Waals surface area contributed by atoms with E-state index in [4.69, 9.17) is 25.5 Å². The quantitative estimate of drug-likeness (QED) is 0.694. The molecule has 2 aromatic carbocycles. The van der Waals surface area contributed by atoms with Crippen LogP contribution < -0.4 is 14.8 Å². The van der Waals surface area contributed by atoms with Crippen LogP contribution in [0.15, 0.2) is 46.9 Å². The average molecular weight is 360 g/mol. The monoisotopic (exact) mass is 359 g/mol. The van der Waals surface area contributed by atoms with Crippen LogP contribution in [0, 0.1) is 0 Å². The lowest BCUT2D eigenvalue weighted by Gasteiger charge is -2.16. The van der Waals surface area contributed by atoms with Crippen molar-refractivity contribution in [3.8, 4) is 23.0 Å². The summed E-state index contributed by atoms with van der Waals surface area (Å²) in [4.78, 5) is 0. The molecule has 0 aliphatic carbocycles. The maximum absolute atomic E-state index is 6.20. The molecule has 0 fully saturated rings. The van der Waals surface area contributed by atoms with Gasteiger partial charge >= 0.3 is 0 Å². The van der Waals surface area contributed by atoms with Crippen LogP contribution in [0.4, 0.5) is 5.69 Å². The van der Waals surface area contributed by atoms with E-state index in [1.54, 1.807) is 26.4 Å². The first kappa shape index (κ1) is 17.1. The maximum atomic E-state index is 6.20. The van der Waals surface area contributed by atoms with Crippen LogP contribution in [0.5, 0.6) is 11.5 Å². The van der Waals surface area contributed by atoms with Crippen LogP contribution in [0.2, 0.25) is 5.02 Å². The lowest BCUT2D eigenvalue weighted by molar-refractivity contribution is 0.395.